The highest BCUT2D eigenvalue weighted by Crippen LogP contribution is 2.31. The van der Waals surface area contributed by atoms with Crippen molar-refractivity contribution in [1.29, 1.82) is 0 Å². The van der Waals surface area contributed by atoms with E-state index in [-0.39, 0.29) is 5.91 Å². The highest BCUT2D eigenvalue weighted by atomic mass is 16.5. The van der Waals surface area contributed by atoms with Gasteiger partial charge in [-0.25, -0.2) is 4.98 Å². The van der Waals surface area contributed by atoms with Crippen molar-refractivity contribution in [2.24, 2.45) is 11.1 Å². The fourth-order valence-electron chi connectivity index (χ4n) is 2.93. The maximum Gasteiger partial charge on any atom is 0.232 e. The Balaban J connectivity index is 1.70. The molecule has 0 bridgehead atoms. The minimum Gasteiger partial charge on any atom is -0.441 e. The molecule has 1 fully saturated rings. The van der Waals surface area contributed by atoms with E-state index in [2.05, 4.69) is 24.1 Å². The summed E-state index contributed by atoms with van der Waals surface area (Å²) in [6.45, 7) is 5.60. The summed E-state index contributed by atoms with van der Waals surface area (Å²) in [4.78, 5) is 17.0. The Bertz CT molecular complexity index is 716. The van der Waals surface area contributed by atoms with Gasteiger partial charge in [-0.15, -0.1) is 0 Å². The van der Waals surface area contributed by atoms with Gasteiger partial charge in [-0.3, -0.25) is 4.79 Å². The van der Waals surface area contributed by atoms with Gasteiger partial charge in [0.2, 0.25) is 11.8 Å². The summed E-state index contributed by atoms with van der Waals surface area (Å²) in [6.07, 6.45) is 3.06. The van der Waals surface area contributed by atoms with Gasteiger partial charge in [0.1, 0.15) is 5.76 Å². The molecule has 134 valence electrons. The summed E-state index contributed by atoms with van der Waals surface area (Å²) in [5.41, 5.74) is 6.97. The number of hydrogen-bond donors (Lipinski definition) is 2. The molecule has 0 spiro atoms. The lowest BCUT2D eigenvalue weighted by Gasteiger charge is -2.34. The first-order valence-electron chi connectivity index (χ1n) is 8.69. The van der Waals surface area contributed by atoms with Crippen molar-refractivity contribution in [1.82, 2.24) is 4.98 Å². The fourth-order valence-corrected chi connectivity index (χ4v) is 2.93. The number of amides is 1. The van der Waals surface area contributed by atoms with Gasteiger partial charge in [-0.2, -0.15) is 0 Å². The van der Waals surface area contributed by atoms with Crippen molar-refractivity contribution in [3.8, 4) is 11.5 Å². The Morgan fingerprint density at radius 2 is 1.96 bits per heavy atom. The van der Waals surface area contributed by atoms with Gasteiger partial charge in [0, 0.05) is 36.9 Å². The molecule has 0 unspecified atom stereocenters. The molecule has 1 aliphatic heterocycles. The maximum atomic E-state index is 12.7. The summed E-state index contributed by atoms with van der Waals surface area (Å²) >= 11 is 0. The fraction of sp³-hybridized carbons (Fsp3) is 0.474. The van der Waals surface area contributed by atoms with E-state index >= 15 is 0 Å². The van der Waals surface area contributed by atoms with Crippen LogP contribution in [-0.2, 0) is 9.53 Å². The summed E-state index contributed by atoms with van der Waals surface area (Å²) < 4.78 is 11.1. The van der Waals surface area contributed by atoms with E-state index in [0.29, 0.717) is 44.4 Å². The van der Waals surface area contributed by atoms with Crippen molar-refractivity contribution in [3.63, 3.8) is 0 Å². The molecule has 0 radical (unpaired) electrons. The predicted octanol–water partition coefficient (Wildman–Crippen LogP) is 3.16. The molecule has 6 heteroatoms. The quantitative estimate of drug-likeness (QED) is 0.870. The van der Waals surface area contributed by atoms with Crippen molar-refractivity contribution in [2.45, 2.75) is 32.6 Å². The summed E-state index contributed by atoms with van der Waals surface area (Å²) in [7, 11) is 0. The molecule has 2 aromatic rings. The van der Waals surface area contributed by atoms with Crippen molar-refractivity contribution in [2.75, 3.05) is 25.1 Å². The Kier molecular flexibility index (Phi) is 5.20. The Morgan fingerprint density at radius 1 is 1.28 bits per heavy atom. The molecular weight excluding hydrogens is 318 g/mol. The average molecular weight is 343 g/mol. The van der Waals surface area contributed by atoms with Crippen LogP contribution in [0.1, 0.15) is 38.4 Å². The van der Waals surface area contributed by atoms with E-state index in [9.17, 15) is 4.79 Å². The second-order valence-electron chi connectivity index (χ2n) is 6.85. The Labute approximate surface area is 147 Å². The van der Waals surface area contributed by atoms with Crippen LogP contribution in [-0.4, -0.2) is 30.6 Å². The minimum atomic E-state index is -0.536. The van der Waals surface area contributed by atoms with Gasteiger partial charge in [-0.05, 0) is 37.1 Å². The molecule has 1 saturated heterocycles. The number of aromatic nitrogens is 1. The zero-order valence-corrected chi connectivity index (χ0v) is 14.7. The van der Waals surface area contributed by atoms with Crippen LogP contribution in [0.15, 0.2) is 34.9 Å². The smallest absolute Gasteiger partial charge is 0.232 e. The second kappa shape index (κ2) is 7.37. The van der Waals surface area contributed by atoms with Crippen molar-refractivity contribution < 1.29 is 13.9 Å². The number of nitrogens with zero attached hydrogens (tertiary/aromatic N) is 1. The van der Waals surface area contributed by atoms with E-state index in [1.807, 2.05) is 24.3 Å². The lowest BCUT2D eigenvalue weighted by Crippen LogP contribution is -2.46. The number of oxazole rings is 1. The van der Waals surface area contributed by atoms with E-state index in [0.717, 1.165) is 17.0 Å². The molecule has 1 amide bonds. The number of ether oxygens (including phenoxy) is 1. The van der Waals surface area contributed by atoms with E-state index in [1.54, 1.807) is 6.20 Å². The van der Waals surface area contributed by atoms with E-state index in [1.165, 1.54) is 0 Å². The zero-order valence-electron chi connectivity index (χ0n) is 14.7. The maximum absolute atomic E-state index is 12.7. The topological polar surface area (TPSA) is 90.4 Å². The molecule has 0 saturated carbocycles. The van der Waals surface area contributed by atoms with Crippen LogP contribution in [0, 0.1) is 5.41 Å². The van der Waals surface area contributed by atoms with E-state index < -0.39 is 5.41 Å². The molecule has 1 aromatic carbocycles. The van der Waals surface area contributed by atoms with Gasteiger partial charge in [0.05, 0.1) is 11.6 Å². The van der Waals surface area contributed by atoms with Gasteiger partial charge in [0.15, 0.2) is 0 Å². The minimum absolute atomic E-state index is 0.0377. The highest BCUT2D eigenvalue weighted by Gasteiger charge is 2.38. The Hall–Kier alpha value is -2.18. The van der Waals surface area contributed by atoms with Gasteiger partial charge in [0.25, 0.3) is 0 Å². The SMILES string of the molecule is CC(C)c1cnc(-c2ccc(NC(=O)C3(CN)CCOCC3)cc2)o1. The van der Waals surface area contributed by atoms with Crippen LogP contribution in [0.5, 0.6) is 0 Å². The first kappa shape index (κ1) is 17.6. The normalized spacial score (nSPS) is 16.8. The number of carbonyl (C=O) groups excluding carboxylic acids is 1. The summed E-state index contributed by atoms with van der Waals surface area (Å²) in [5.74, 6) is 1.71. The molecule has 3 N–H and O–H groups in total. The number of anilines is 1. The molecule has 0 atom stereocenters. The molecule has 1 aliphatic rings. The van der Waals surface area contributed by atoms with Gasteiger partial charge >= 0.3 is 0 Å². The van der Waals surface area contributed by atoms with Crippen LogP contribution in [0.3, 0.4) is 0 Å². The van der Waals surface area contributed by atoms with Gasteiger partial charge < -0.3 is 20.2 Å². The van der Waals surface area contributed by atoms with E-state index in [4.69, 9.17) is 14.9 Å². The lowest BCUT2D eigenvalue weighted by atomic mass is 9.79. The predicted molar refractivity (Wildman–Crippen MR) is 96.2 cm³/mol. The monoisotopic (exact) mass is 343 g/mol. The molecular formula is C19H25N3O3. The molecule has 2 heterocycles. The molecule has 6 nitrogen and oxygen atoms in total. The first-order chi connectivity index (χ1) is 12.0. The molecule has 3 rings (SSSR count). The van der Waals surface area contributed by atoms with Crippen LogP contribution < -0.4 is 11.1 Å². The first-order valence-corrected chi connectivity index (χ1v) is 8.69. The largest absolute Gasteiger partial charge is 0.441 e. The van der Waals surface area contributed by atoms with Crippen LogP contribution in [0.25, 0.3) is 11.5 Å². The number of rotatable bonds is 5. The number of carbonyl (C=O) groups is 1. The summed E-state index contributed by atoms with van der Waals surface area (Å²) in [6, 6.07) is 7.50. The Morgan fingerprint density at radius 3 is 2.52 bits per heavy atom. The van der Waals surface area contributed by atoms with Crippen LogP contribution >= 0.6 is 0 Å². The average Bonchev–Trinajstić information content (AvgIpc) is 3.13. The van der Waals surface area contributed by atoms with Crippen molar-refractivity contribution in [3.05, 3.63) is 36.2 Å². The highest BCUT2D eigenvalue weighted by molar-refractivity contribution is 5.95. The van der Waals surface area contributed by atoms with Crippen LogP contribution in [0.2, 0.25) is 0 Å². The zero-order chi connectivity index (χ0) is 17.9. The standard InChI is InChI=1S/C19H25N3O3/c1-13(2)16-11-21-17(25-16)14-3-5-15(6-4-14)22-18(23)19(12-20)7-9-24-10-8-19/h3-6,11,13H,7-10,12,20H2,1-2H3,(H,22,23). The van der Waals surface area contributed by atoms with Gasteiger partial charge in [-0.1, -0.05) is 13.8 Å². The number of benzene rings is 1. The third-order valence-corrected chi connectivity index (χ3v) is 4.80. The molecule has 1 aromatic heterocycles. The van der Waals surface area contributed by atoms with Crippen molar-refractivity contribution >= 4 is 11.6 Å². The molecule has 25 heavy (non-hydrogen) atoms. The lowest BCUT2D eigenvalue weighted by molar-refractivity contribution is -0.130. The summed E-state index contributed by atoms with van der Waals surface area (Å²) in [5, 5.41) is 2.98. The third kappa shape index (κ3) is 3.75. The molecule has 0 aliphatic carbocycles. The van der Waals surface area contributed by atoms with Crippen LogP contribution in [0.4, 0.5) is 5.69 Å². The second-order valence-corrected chi connectivity index (χ2v) is 6.85. The number of hydrogen-bond acceptors (Lipinski definition) is 5. The number of nitrogens with two attached hydrogens (primary N) is 1. The number of nitrogens with one attached hydrogen (secondary N) is 1. The third-order valence-electron chi connectivity index (χ3n) is 4.80.